The number of hydrogen-bond donors (Lipinski definition) is 2. The van der Waals surface area contributed by atoms with Crippen LogP contribution in [0.4, 0.5) is 0 Å². The molecule has 0 radical (unpaired) electrons. The van der Waals surface area contributed by atoms with Crippen LogP contribution in [0.15, 0.2) is 35.6 Å². The lowest BCUT2D eigenvalue weighted by atomic mass is 10.1. The van der Waals surface area contributed by atoms with Gasteiger partial charge in [0.05, 0.1) is 19.8 Å². The van der Waals surface area contributed by atoms with E-state index in [0.717, 1.165) is 88.7 Å². The lowest BCUT2D eigenvalue weighted by Gasteiger charge is -2.25. The fraction of sp³-hybridized carbons (Fsp3) is 0.571. The number of aryl methyl sites for hydroxylation is 1. The molecule has 2 N–H and O–H groups in total. The van der Waals surface area contributed by atoms with Crippen LogP contribution in [-0.4, -0.2) is 78.1 Å². The van der Waals surface area contributed by atoms with Crippen molar-refractivity contribution < 1.29 is 4.74 Å². The molecule has 3 rings (SSSR count). The Morgan fingerprint density at radius 2 is 1.87 bits per heavy atom. The Balaban J connectivity index is 0.00000341. The number of nitrogens with zero attached hydrogens (tertiary/aromatic N) is 5. The van der Waals surface area contributed by atoms with Gasteiger partial charge in [0.2, 0.25) is 0 Å². The highest BCUT2D eigenvalue weighted by Gasteiger charge is 2.09. The van der Waals surface area contributed by atoms with Crippen molar-refractivity contribution >= 4 is 41.5 Å². The van der Waals surface area contributed by atoms with E-state index in [4.69, 9.17) is 21.3 Å². The molecule has 8 nitrogen and oxygen atoms in total. The van der Waals surface area contributed by atoms with E-state index >= 15 is 0 Å². The van der Waals surface area contributed by atoms with Crippen LogP contribution in [0, 0.1) is 0 Å². The van der Waals surface area contributed by atoms with E-state index in [1.807, 2.05) is 12.1 Å². The zero-order valence-corrected chi connectivity index (χ0v) is 21.2. The molecule has 1 saturated heterocycles. The van der Waals surface area contributed by atoms with Gasteiger partial charge in [0, 0.05) is 50.7 Å². The van der Waals surface area contributed by atoms with Crippen molar-refractivity contribution in [3.8, 4) is 0 Å². The SMILES string of the molecule is CCc1nncn1CCNC(=NCCN1CCOCC1)NCCc1ccc(Cl)cc1.I. The van der Waals surface area contributed by atoms with E-state index in [-0.39, 0.29) is 24.0 Å². The van der Waals surface area contributed by atoms with Gasteiger partial charge in [-0.1, -0.05) is 30.7 Å². The standard InChI is InChI=1S/C21H32ClN7O.HI/c1-2-20-27-26-17-29(20)12-10-25-21(24-9-11-28-13-15-30-16-14-28)23-8-7-18-3-5-19(22)6-4-18;/h3-6,17H,2,7-16H2,1H3,(H2,23,24,25);1H. The van der Waals surface area contributed by atoms with Crippen LogP contribution in [0.3, 0.4) is 0 Å². The third-order valence-electron chi connectivity index (χ3n) is 5.07. The number of aliphatic imine (C=N–C) groups is 1. The summed E-state index contributed by atoms with van der Waals surface area (Å²) in [6.07, 6.45) is 3.57. The zero-order valence-electron chi connectivity index (χ0n) is 18.1. The predicted molar refractivity (Wildman–Crippen MR) is 136 cm³/mol. The topological polar surface area (TPSA) is 79.6 Å². The van der Waals surface area contributed by atoms with Crippen molar-refractivity contribution in [3.05, 3.63) is 47.0 Å². The number of rotatable bonds is 10. The van der Waals surface area contributed by atoms with Gasteiger partial charge in [0.25, 0.3) is 0 Å². The van der Waals surface area contributed by atoms with Crippen molar-refractivity contribution in [2.45, 2.75) is 26.3 Å². The van der Waals surface area contributed by atoms with Gasteiger partial charge < -0.3 is 19.9 Å². The van der Waals surface area contributed by atoms with Gasteiger partial charge in [-0.05, 0) is 24.1 Å². The highest BCUT2D eigenvalue weighted by Crippen LogP contribution is 2.09. The molecular formula is C21H33ClIN7O. The summed E-state index contributed by atoms with van der Waals surface area (Å²) < 4.78 is 7.49. The number of guanidine groups is 1. The molecule has 0 aliphatic carbocycles. The molecule has 0 amide bonds. The van der Waals surface area contributed by atoms with Gasteiger partial charge >= 0.3 is 0 Å². The molecule has 1 aromatic carbocycles. The largest absolute Gasteiger partial charge is 0.379 e. The maximum atomic E-state index is 5.97. The first-order valence-electron chi connectivity index (χ1n) is 10.7. The molecule has 2 heterocycles. The second-order valence-corrected chi connectivity index (χ2v) is 7.64. The molecule has 0 bridgehead atoms. The van der Waals surface area contributed by atoms with Crippen LogP contribution in [0.25, 0.3) is 0 Å². The van der Waals surface area contributed by atoms with E-state index < -0.39 is 0 Å². The maximum absolute atomic E-state index is 5.97. The molecular weight excluding hydrogens is 529 g/mol. The third-order valence-corrected chi connectivity index (χ3v) is 5.32. The van der Waals surface area contributed by atoms with E-state index in [9.17, 15) is 0 Å². The lowest BCUT2D eigenvalue weighted by Crippen LogP contribution is -2.41. The van der Waals surface area contributed by atoms with Crippen LogP contribution in [-0.2, 0) is 24.1 Å². The van der Waals surface area contributed by atoms with Crippen molar-refractivity contribution in [2.24, 2.45) is 4.99 Å². The molecule has 0 saturated carbocycles. The summed E-state index contributed by atoms with van der Waals surface area (Å²) in [5.41, 5.74) is 1.25. The summed E-state index contributed by atoms with van der Waals surface area (Å²) >= 11 is 5.97. The number of ether oxygens (including phenoxy) is 1. The average molecular weight is 562 g/mol. The van der Waals surface area contributed by atoms with Crippen molar-refractivity contribution in [3.63, 3.8) is 0 Å². The third kappa shape index (κ3) is 9.30. The smallest absolute Gasteiger partial charge is 0.191 e. The van der Waals surface area contributed by atoms with Crippen molar-refractivity contribution in [1.29, 1.82) is 0 Å². The number of morpholine rings is 1. The van der Waals surface area contributed by atoms with E-state index in [1.54, 1.807) is 6.33 Å². The fourth-order valence-electron chi connectivity index (χ4n) is 3.31. The molecule has 1 aromatic heterocycles. The molecule has 0 unspecified atom stereocenters. The number of hydrogen-bond acceptors (Lipinski definition) is 5. The van der Waals surface area contributed by atoms with Gasteiger partial charge in [-0.25, -0.2) is 0 Å². The lowest BCUT2D eigenvalue weighted by molar-refractivity contribution is 0.0394. The van der Waals surface area contributed by atoms with E-state index in [1.165, 1.54) is 5.56 Å². The fourth-order valence-corrected chi connectivity index (χ4v) is 3.44. The maximum Gasteiger partial charge on any atom is 0.191 e. The monoisotopic (exact) mass is 561 g/mol. The number of halogens is 2. The molecule has 172 valence electrons. The Hall–Kier alpha value is -1.43. The Morgan fingerprint density at radius 3 is 2.61 bits per heavy atom. The summed E-state index contributed by atoms with van der Waals surface area (Å²) in [7, 11) is 0. The zero-order chi connectivity index (χ0) is 21.0. The molecule has 0 atom stereocenters. The Bertz CT molecular complexity index is 778. The summed E-state index contributed by atoms with van der Waals surface area (Å²) in [4.78, 5) is 7.17. The second kappa shape index (κ2) is 14.6. The Kier molecular flexibility index (Phi) is 12.2. The first kappa shape index (κ1) is 25.8. The Labute approximate surface area is 206 Å². The van der Waals surface area contributed by atoms with E-state index in [2.05, 4.69) is 49.4 Å². The molecule has 1 aliphatic rings. The van der Waals surface area contributed by atoms with Gasteiger partial charge in [0.1, 0.15) is 12.2 Å². The minimum atomic E-state index is 0. The normalized spacial score (nSPS) is 14.8. The molecule has 1 fully saturated rings. The van der Waals surface area contributed by atoms with Crippen LogP contribution >= 0.6 is 35.6 Å². The van der Waals surface area contributed by atoms with Crippen LogP contribution in [0.5, 0.6) is 0 Å². The number of aromatic nitrogens is 3. The number of nitrogens with one attached hydrogen (secondary N) is 2. The molecule has 0 spiro atoms. The molecule has 1 aliphatic heterocycles. The quantitative estimate of drug-likeness (QED) is 0.263. The minimum Gasteiger partial charge on any atom is -0.379 e. The van der Waals surface area contributed by atoms with Crippen LogP contribution in [0.2, 0.25) is 5.02 Å². The molecule has 2 aromatic rings. The van der Waals surface area contributed by atoms with Crippen molar-refractivity contribution in [2.75, 3.05) is 52.5 Å². The first-order chi connectivity index (χ1) is 14.7. The summed E-state index contributed by atoms with van der Waals surface area (Å²) in [5.74, 6) is 1.83. The Morgan fingerprint density at radius 1 is 1.13 bits per heavy atom. The van der Waals surface area contributed by atoms with Gasteiger partial charge in [-0.2, -0.15) is 0 Å². The second-order valence-electron chi connectivity index (χ2n) is 7.21. The van der Waals surface area contributed by atoms with Crippen molar-refractivity contribution in [1.82, 2.24) is 30.3 Å². The number of benzene rings is 1. The molecule has 10 heteroatoms. The van der Waals surface area contributed by atoms with Crippen LogP contribution < -0.4 is 10.6 Å². The highest BCUT2D eigenvalue weighted by molar-refractivity contribution is 14.0. The average Bonchev–Trinajstić information content (AvgIpc) is 3.23. The predicted octanol–water partition coefficient (Wildman–Crippen LogP) is 2.22. The minimum absolute atomic E-state index is 0. The summed E-state index contributed by atoms with van der Waals surface area (Å²) in [6, 6.07) is 7.98. The van der Waals surface area contributed by atoms with Gasteiger partial charge in [-0.3, -0.25) is 9.89 Å². The highest BCUT2D eigenvalue weighted by atomic mass is 127. The van der Waals surface area contributed by atoms with E-state index in [0.29, 0.717) is 0 Å². The van der Waals surface area contributed by atoms with Gasteiger partial charge in [-0.15, -0.1) is 34.2 Å². The summed E-state index contributed by atoms with van der Waals surface area (Å²) in [6.45, 7) is 9.74. The molecule has 31 heavy (non-hydrogen) atoms. The summed E-state index contributed by atoms with van der Waals surface area (Å²) in [5, 5.41) is 15.8. The first-order valence-corrected chi connectivity index (χ1v) is 11.1. The van der Waals surface area contributed by atoms with Gasteiger partial charge in [0.15, 0.2) is 5.96 Å². The van der Waals surface area contributed by atoms with Crippen LogP contribution in [0.1, 0.15) is 18.3 Å².